The molecule has 2 N–H and O–H groups in total. The first-order valence-corrected chi connectivity index (χ1v) is 5.99. The fourth-order valence-corrected chi connectivity index (χ4v) is 2.21. The summed E-state index contributed by atoms with van der Waals surface area (Å²) in [5.41, 5.74) is -0.964. The van der Waals surface area contributed by atoms with E-state index in [2.05, 4.69) is 20.7 Å². The van der Waals surface area contributed by atoms with Gasteiger partial charge in [-0.3, -0.25) is 10.1 Å². The smallest absolute Gasteiger partial charge is 0.408 e. The van der Waals surface area contributed by atoms with E-state index in [0.717, 1.165) is 12.1 Å². The van der Waals surface area contributed by atoms with Gasteiger partial charge in [-0.2, -0.15) is 0 Å². The number of phenols is 1. The van der Waals surface area contributed by atoms with Gasteiger partial charge in [-0.1, -0.05) is 0 Å². The molecule has 11 heteroatoms. The highest BCUT2D eigenvalue weighted by atomic mass is 79.9. The van der Waals surface area contributed by atoms with Crippen molar-refractivity contribution in [1.29, 1.82) is 0 Å². The van der Waals surface area contributed by atoms with E-state index in [1.54, 1.807) is 0 Å². The van der Waals surface area contributed by atoms with Crippen molar-refractivity contribution in [2.45, 2.75) is 12.0 Å². The maximum absolute atomic E-state index is 13.7. The molecule has 1 aliphatic rings. The molecule has 21 heavy (non-hydrogen) atoms. The monoisotopic (exact) mass is 388 g/mol. The number of benzene rings is 1. The van der Waals surface area contributed by atoms with E-state index in [9.17, 15) is 28.8 Å². The number of phenolic OH excluding ortho intramolecular Hbond substituents is 1. The zero-order valence-corrected chi connectivity index (χ0v) is 12.4. The van der Waals surface area contributed by atoms with Gasteiger partial charge in [0.15, 0.2) is 6.61 Å². The number of carbonyl (C=O) groups is 1. The molecule has 0 bridgehead atoms. The third-order valence-corrected chi connectivity index (χ3v) is 3.28. The molecular formula is C10H8BrClF2N2O5. The van der Waals surface area contributed by atoms with E-state index in [-0.39, 0.29) is 16.9 Å². The molecule has 1 atom stereocenters. The summed E-state index contributed by atoms with van der Waals surface area (Å²) in [4.78, 5) is 21.0. The molecule has 7 nitrogen and oxygen atoms in total. The first-order valence-electron chi connectivity index (χ1n) is 5.20. The van der Waals surface area contributed by atoms with Crippen molar-refractivity contribution < 1.29 is 28.3 Å². The van der Waals surface area contributed by atoms with Crippen LogP contribution in [0.4, 0.5) is 19.3 Å². The van der Waals surface area contributed by atoms with Gasteiger partial charge in [-0.15, -0.1) is 12.4 Å². The van der Waals surface area contributed by atoms with Gasteiger partial charge in [-0.05, 0) is 15.9 Å². The highest BCUT2D eigenvalue weighted by molar-refractivity contribution is 9.10. The molecule has 1 aliphatic heterocycles. The number of nitro groups is 1. The van der Waals surface area contributed by atoms with E-state index in [0.29, 0.717) is 0 Å². The van der Waals surface area contributed by atoms with E-state index < -0.39 is 46.6 Å². The van der Waals surface area contributed by atoms with Crippen LogP contribution in [-0.2, 0) is 4.74 Å². The van der Waals surface area contributed by atoms with E-state index in [1.165, 1.54) is 0 Å². The van der Waals surface area contributed by atoms with Crippen LogP contribution in [0.2, 0.25) is 0 Å². The number of non-ortho nitro benzene ring substituents is 1. The van der Waals surface area contributed by atoms with Gasteiger partial charge in [0.05, 0.1) is 9.40 Å². The number of nitrogens with zero attached hydrogens (tertiary/aromatic N) is 1. The van der Waals surface area contributed by atoms with Gasteiger partial charge in [0.25, 0.3) is 5.69 Å². The highest BCUT2D eigenvalue weighted by Gasteiger charge is 2.48. The molecule has 1 fully saturated rings. The van der Waals surface area contributed by atoms with Gasteiger partial charge >= 0.3 is 12.0 Å². The summed E-state index contributed by atoms with van der Waals surface area (Å²) in [5, 5.41) is 22.4. The summed E-state index contributed by atoms with van der Waals surface area (Å²) in [6.45, 7) is -1.18. The molecule has 2 rings (SSSR count). The molecule has 0 aliphatic carbocycles. The van der Waals surface area contributed by atoms with Crippen LogP contribution in [0.3, 0.4) is 0 Å². The van der Waals surface area contributed by atoms with Gasteiger partial charge < -0.3 is 15.2 Å². The Morgan fingerprint density at radius 3 is 2.71 bits per heavy atom. The number of alkyl halides is 2. The molecule has 0 saturated carbocycles. The maximum atomic E-state index is 13.7. The first kappa shape index (κ1) is 17.4. The minimum Gasteiger partial charge on any atom is -0.506 e. The first-order chi connectivity index (χ1) is 9.22. The molecular weight excluding hydrogens is 381 g/mol. The van der Waals surface area contributed by atoms with E-state index >= 15 is 0 Å². The van der Waals surface area contributed by atoms with Crippen molar-refractivity contribution in [1.82, 2.24) is 5.32 Å². The van der Waals surface area contributed by atoms with Crippen LogP contribution in [-0.4, -0.2) is 28.7 Å². The lowest BCUT2D eigenvalue weighted by Crippen LogP contribution is -2.49. The van der Waals surface area contributed by atoms with Crippen LogP contribution >= 0.6 is 28.3 Å². The van der Waals surface area contributed by atoms with Crippen molar-refractivity contribution in [3.8, 4) is 5.75 Å². The molecule has 1 heterocycles. The van der Waals surface area contributed by atoms with Gasteiger partial charge in [0, 0.05) is 17.7 Å². The van der Waals surface area contributed by atoms with Crippen molar-refractivity contribution in [2.75, 3.05) is 6.61 Å². The van der Waals surface area contributed by atoms with Gasteiger partial charge in [0.1, 0.15) is 11.8 Å². The lowest BCUT2D eigenvalue weighted by Gasteiger charge is -2.32. The Hall–Kier alpha value is -1.68. The predicted molar refractivity (Wildman–Crippen MR) is 71.9 cm³/mol. The summed E-state index contributed by atoms with van der Waals surface area (Å²) >= 11 is 2.84. The van der Waals surface area contributed by atoms with Crippen molar-refractivity contribution in [3.05, 3.63) is 32.3 Å². The van der Waals surface area contributed by atoms with E-state index in [1.807, 2.05) is 5.32 Å². The van der Waals surface area contributed by atoms with Crippen LogP contribution in [0.15, 0.2) is 16.6 Å². The topological polar surface area (TPSA) is 102 Å². The number of nitro benzene ring substituents is 1. The standard InChI is InChI=1S/C10H7BrF2N2O5.ClH/c11-6-2-4(15(18)19)1-5(7(6)16)8-10(12,13)3-20-9(17)14-8;/h1-2,8,16H,3H2,(H,14,17);1H/t8-;/m1./s1. The number of halogens is 4. The predicted octanol–water partition coefficient (Wildman–Crippen LogP) is 2.90. The average Bonchev–Trinajstić information content (AvgIpc) is 2.35. The third kappa shape index (κ3) is 3.32. The average molecular weight is 390 g/mol. The van der Waals surface area contributed by atoms with Crippen LogP contribution in [0.1, 0.15) is 11.6 Å². The Morgan fingerprint density at radius 2 is 2.14 bits per heavy atom. The molecule has 1 aromatic carbocycles. The van der Waals surface area contributed by atoms with E-state index in [4.69, 9.17) is 0 Å². The normalized spacial score (nSPS) is 20.0. The Bertz CT molecular complexity index is 601. The van der Waals surface area contributed by atoms with Crippen LogP contribution in [0.5, 0.6) is 5.75 Å². The van der Waals surface area contributed by atoms with Crippen molar-refractivity contribution >= 4 is 40.1 Å². The van der Waals surface area contributed by atoms with Crippen molar-refractivity contribution in [3.63, 3.8) is 0 Å². The second-order valence-electron chi connectivity index (χ2n) is 4.04. The SMILES string of the molecule is Cl.O=C1N[C@H](c2cc([N+](=O)[O-])cc(Br)c2O)C(F)(F)CO1. The van der Waals surface area contributed by atoms with Crippen LogP contribution in [0, 0.1) is 10.1 Å². The minimum absolute atomic E-state index is 0. The molecule has 1 saturated heterocycles. The largest absolute Gasteiger partial charge is 0.506 e. The molecule has 0 unspecified atom stereocenters. The summed E-state index contributed by atoms with van der Waals surface area (Å²) in [5.74, 6) is -4.12. The zero-order chi connectivity index (χ0) is 15.1. The summed E-state index contributed by atoms with van der Waals surface area (Å²) in [6.07, 6.45) is -1.09. The second kappa shape index (κ2) is 5.98. The maximum Gasteiger partial charge on any atom is 0.408 e. The van der Waals surface area contributed by atoms with Crippen LogP contribution in [0.25, 0.3) is 0 Å². The zero-order valence-electron chi connectivity index (χ0n) is 10.0. The molecule has 0 aromatic heterocycles. The molecule has 1 aromatic rings. The molecule has 0 radical (unpaired) electrons. The number of aromatic hydroxyl groups is 1. The fraction of sp³-hybridized carbons (Fsp3) is 0.300. The van der Waals surface area contributed by atoms with Crippen LogP contribution < -0.4 is 5.32 Å². The quantitative estimate of drug-likeness (QED) is 0.598. The number of cyclic esters (lactones) is 1. The highest BCUT2D eigenvalue weighted by Crippen LogP contribution is 2.42. The Morgan fingerprint density at radius 1 is 1.52 bits per heavy atom. The molecule has 1 amide bonds. The summed E-state index contributed by atoms with van der Waals surface area (Å²) in [7, 11) is 0. The molecule has 116 valence electrons. The minimum atomic E-state index is -3.51. The Kier molecular flexibility index (Phi) is 4.95. The van der Waals surface area contributed by atoms with Crippen molar-refractivity contribution in [2.24, 2.45) is 0 Å². The molecule has 0 spiro atoms. The number of alkyl carbamates (subject to hydrolysis) is 1. The number of carbonyl (C=O) groups excluding carboxylic acids is 1. The number of hydrogen-bond donors (Lipinski definition) is 2. The number of nitrogens with one attached hydrogen (secondary N) is 1. The van der Waals surface area contributed by atoms with Gasteiger partial charge in [-0.25, -0.2) is 13.6 Å². The number of rotatable bonds is 2. The number of ether oxygens (including phenoxy) is 1. The number of amides is 1. The Labute approximate surface area is 131 Å². The third-order valence-electron chi connectivity index (χ3n) is 2.68. The fourth-order valence-electron chi connectivity index (χ4n) is 1.75. The summed E-state index contributed by atoms with van der Waals surface area (Å²) < 4.78 is 31.5. The lowest BCUT2D eigenvalue weighted by atomic mass is 9.98. The van der Waals surface area contributed by atoms with Gasteiger partial charge in [0.2, 0.25) is 0 Å². The second-order valence-corrected chi connectivity index (χ2v) is 4.89. The lowest BCUT2D eigenvalue weighted by molar-refractivity contribution is -0.385. The number of hydrogen-bond acceptors (Lipinski definition) is 5. The summed E-state index contributed by atoms with van der Waals surface area (Å²) in [6, 6.07) is -0.164. The Balaban J connectivity index is 0.00000220.